The molecule has 0 radical (unpaired) electrons. The molecule has 0 aromatic heterocycles. The Labute approximate surface area is 55.9 Å². The van der Waals surface area contributed by atoms with E-state index in [-0.39, 0.29) is 11.2 Å². The average molecular weight is 130 g/mol. The summed E-state index contributed by atoms with van der Waals surface area (Å²) in [5.41, 5.74) is -0.314. The molecule has 0 saturated heterocycles. The van der Waals surface area contributed by atoms with Crippen molar-refractivity contribution in [2.45, 2.75) is 33.8 Å². The summed E-state index contributed by atoms with van der Waals surface area (Å²) in [4.78, 5) is 10.5. The number of aliphatic hydroxyl groups is 1. The molecule has 0 aromatic rings. The van der Waals surface area contributed by atoms with Crippen molar-refractivity contribution in [3.05, 3.63) is 0 Å². The number of carbonyl (C=O) groups excluding carboxylic acids is 1. The van der Waals surface area contributed by atoms with E-state index in [2.05, 4.69) is 0 Å². The van der Waals surface area contributed by atoms with Gasteiger partial charge >= 0.3 is 0 Å². The van der Waals surface area contributed by atoms with Crippen molar-refractivity contribution in [2.75, 3.05) is 0 Å². The minimum atomic E-state index is -0.822. The van der Waals surface area contributed by atoms with Gasteiger partial charge in [0.05, 0.1) is 0 Å². The van der Waals surface area contributed by atoms with Gasteiger partial charge in [0.15, 0.2) is 5.78 Å². The lowest BCUT2D eigenvalue weighted by molar-refractivity contribution is -0.129. The molecule has 2 heteroatoms. The molecule has 1 atom stereocenters. The highest BCUT2D eigenvalue weighted by Crippen LogP contribution is 2.18. The summed E-state index contributed by atoms with van der Waals surface area (Å²) in [6.07, 6.45) is -0.822. The zero-order chi connectivity index (χ0) is 7.65. The molecule has 0 aliphatic carbocycles. The van der Waals surface area contributed by atoms with Crippen LogP contribution >= 0.6 is 0 Å². The second-order valence-corrected chi connectivity index (χ2v) is 3.38. The van der Waals surface area contributed by atoms with Crippen LogP contribution in [-0.4, -0.2) is 17.0 Å². The molecule has 1 N–H and O–H groups in total. The van der Waals surface area contributed by atoms with Crippen LogP contribution in [0.4, 0.5) is 0 Å². The van der Waals surface area contributed by atoms with E-state index in [4.69, 9.17) is 5.11 Å². The molecule has 0 fully saturated rings. The molecular weight excluding hydrogens is 116 g/mol. The fourth-order valence-electron chi connectivity index (χ4n) is 0.610. The minimum absolute atomic E-state index is 0.164. The lowest BCUT2D eigenvalue weighted by atomic mass is 9.87. The maximum Gasteiger partial charge on any atom is 0.158 e. The lowest BCUT2D eigenvalue weighted by Crippen LogP contribution is -2.32. The van der Waals surface area contributed by atoms with Crippen molar-refractivity contribution in [3.8, 4) is 0 Å². The monoisotopic (exact) mass is 130 g/mol. The number of hydrogen-bond donors (Lipinski definition) is 1. The lowest BCUT2D eigenvalue weighted by Gasteiger charge is -2.22. The topological polar surface area (TPSA) is 37.3 Å². The highest BCUT2D eigenvalue weighted by Gasteiger charge is 2.25. The maximum absolute atomic E-state index is 10.5. The van der Waals surface area contributed by atoms with Crippen LogP contribution in [0.1, 0.15) is 27.7 Å². The normalized spacial score (nSPS) is 15.2. The average Bonchev–Trinajstić information content (AvgIpc) is 1.62. The molecule has 0 heterocycles. The smallest absolute Gasteiger partial charge is 0.158 e. The number of ketones is 1. The molecule has 0 spiro atoms. The first-order chi connectivity index (χ1) is 3.85. The molecule has 54 valence electrons. The number of rotatable bonds is 1. The predicted molar refractivity (Wildman–Crippen MR) is 36.1 cm³/mol. The van der Waals surface area contributed by atoms with E-state index in [1.54, 1.807) is 0 Å². The summed E-state index contributed by atoms with van der Waals surface area (Å²) in [6, 6.07) is 0. The third kappa shape index (κ3) is 2.61. The van der Waals surface area contributed by atoms with E-state index in [1.165, 1.54) is 6.92 Å². The summed E-state index contributed by atoms with van der Waals surface area (Å²) in [7, 11) is 0. The second kappa shape index (κ2) is 2.48. The number of aliphatic hydroxyl groups excluding tert-OH is 1. The van der Waals surface area contributed by atoms with Crippen LogP contribution in [-0.2, 0) is 4.79 Å². The first-order valence-corrected chi connectivity index (χ1v) is 3.04. The summed E-state index contributed by atoms with van der Waals surface area (Å²) < 4.78 is 0. The molecule has 0 aromatic carbocycles. The first-order valence-electron chi connectivity index (χ1n) is 3.04. The highest BCUT2D eigenvalue weighted by atomic mass is 16.3. The molecule has 2 nitrogen and oxygen atoms in total. The van der Waals surface area contributed by atoms with E-state index in [0.29, 0.717) is 0 Å². The van der Waals surface area contributed by atoms with Crippen LogP contribution in [0, 0.1) is 5.41 Å². The van der Waals surface area contributed by atoms with E-state index >= 15 is 0 Å². The van der Waals surface area contributed by atoms with Gasteiger partial charge in [0.25, 0.3) is 0 Å². The standard InChI is InChI=1S/C7H14O2/c1-5(8)6(9)7(2,3)4/h6,9H,1-4H3/t6-/m0/s1. The van der Waals surface area contributed by atoms with E-state index in [9.17, 15) is 4.79 Å². The van der Waals surface area contributed by atoms with Crippen molar-refractivity contribution < 1.29 is 9.90 Å². The molecule has 0 unspecified atom stereocenters. The van der Waals surface area contributed by atoms with E-state index < -0.39 is 6.10 Å². The SMILES string of the molecule is CC(=O)[C@H](O)C(C)(C)C. The van der Waals surface area contributed by atoms with Gasteiger partial charge in [-0.3, -0.25) is 4.79 Å². The van der Waals surface area contributed by atoms with Crippen molar-refractivity contribution in [2.24, 2.45) is 5.41 Å². The fraction of sp³-hybridized carbons (Fsp3) is 0.857. The van der Waals surface area contributed by atoms with Gasteiger partial charge in [0.1, 0.15) is 6.10 Å². The van der Waals surface area contributed by atoms with Crippen molar-refractivity contribution in [1.29, 1.82) is 0 Å². The fourth-order valence-corrected chi connectivity index (χ4v) is 0.610. The number of carbonyl (C=O) groups is 1. The molecular formula is C7H14O2. The van der Waals surface area contributed by atoms with Gasteiger partial charge < -0.3 is 5.11 Å². The molecule has 0 saturated carbocycles. The number of hydrogen-bond acceptors (Lipinski definition) is 2. The minimum Gasteiger partial charge on any atom is -0.385 e. The quantitative estimate of drug-likeness (QED) is 0.574. The van der Waals surface area contributed by atoms with Gasteiger partial charge in [-0.15, -0.1) is 0 Å². The maximum atomic E-state index is 10.5. The number of Topliss-reactive ketones (excluding diaryl/α,β-unsaturated/α-hetero) is 1. The van der Waals surface area contributed by atoms with Gasteiger partial charge in [0.2, 0.25) is 0 Å². The third-order valence-corrected chi connectivity index (χ3v) is 1.21. The largest absolute Gasteiger partial charge is 0.385 e. The summed E-state index contributed by atoms with van der Waals surface area (Å²) in [5, 5.41) is 9.11. The zero-order valence-corrected chi connectivity index (χ0v) is 6.43. The Morgan fingerprint density at radius 2 is 1.78 bits per heavy atom. The summed E-state index contributed by atoms with van der Waals surface area (Å²) in [5.74, 6) is -0.164. The molecule has 0 rings (SSSR count). The van der Waals surface area contributed by atoms with E-state index in [1.807, 2.05) is 20.8 Å². The van der Waals surface area contributed by atoms with Crippen molar-refractivity contribution in [1.82, 2.24) is 0 Å². The van der Waals surface area contributed by atoms with Crippen LogP contribution in [0.25, 0.3) is 0 Å². The van der Waals surface area contributed by atoms with Crippen LogP contribution in [0.15, 0.2) is 0 Å². The van der Waals surface area contributed by atoms with Gasteiger partial charge in [0, 0.05) is 0 Å². The van der Waals surface area contributed by atoms with Crippen molar-refractivity contribution >= 4 is 5.78 Å². The molecule has 0 bridgehead atoms. The Balaban J connectivity index is 4.04. The zero-order valence-electron chi connectivity index (χ0n) is 6.43. The van der Waals surface area contributed by atoms with Gasteiger partial charge in [-0.05, 0) is 12.3 Å². The molecule has 9 heavy (non-hydrogen) atoms. The Hall–Kier alpha value is -0.370. The van der Waals surface area contributed by atoms with E-state index in [0.717, 1.165) is 0 Å². The van der Waals surface area contributed by atoms with Crippen LogP contribution in [0.5, 0.6) is 0 Å². The van der Waals surface area contributed by atoms with Gasteiger partial charge in [-0.2, -0.15) is 0 Å². The Kier molecular flexibility index (Phi) is 2.38. The highest BCUT2D eigenvalue weighted by molar-refractivity contribution is 5.80. The van der Waals surface area contributed by atoms with Gasteiger partial charge in [-0.1, -0.05) is 20.8 Å². The molecule has 0 aliphatic heterocycles. The van der Waals surface area contributed by atoms with Crippen LogP contribution < -0.4 is 0 Å². The Bertz CT molecular complexity index is 111. The third-order valence-electron chi connectivity index (χ3n) is 1.21. The second-order valence-electron chi connectivity index (χ2n) is 3.38. The predicted octanol–water partition coefficient (Wildman–Crippen LogP) is 0.982. The Morgan fingerprint density at radius 3 is 1.78 bits per heavy atom. The van der Waals surface area contributed by atoms with Gasteiger partial charge in [-0.25, -0.2) is 0 Å². The molecule has 0 aliphatic rings. The summed E-state index contributed by atoms with van der Waals surface area (Å²) in [6.45, 7) is 6.90. The van der Waals surface area contributed by atoms with Crippen molar-refractivity contribution in [3.63, 3.8) is 0 Å². The summed E-state index contributed by atoms with van der Waals surface area (Å²) >= 11 is 0. The van der Waals surface area contributed by atoms with Crippen LogP contribution in [0.2, 0.25) is 0 Å². The Morgan fingerprint density at radius 1 is 1.44 bits per heavy atom. The first kappa shape index (κ1) is 8.63. The molecule has 0 amide bonds. The van der Waals surface area contributed by atoms with Crippen LogP contribution in [0.3, 0.4) is 0 Å².